The normalized spacial score (nSPS) is 12.8. The molecule has 0 unspecified atom stereocenters. The zero-order valence-electron chi connectivity index (χ0n) is 17.5. The van der Waals surface area contributed by atoms with Crippen LogP contribution in [0.4, 0.5) is 5.69 Å². The van der Waals surface area contributed by atoms with Gasteiger partial charge in [0.15, 0.2) is 0 Å². The Morgan fingerprint density at radius 1 is 1.03 bits per heavy atom. The van der Waals surface area contributed by atoms with E-state index in [4.69, 9.17) is 4.74 Å². The van der Waals surface area contributed by atoms with Crippen LogP contribution < -0.4 is 15.6 Å². The van der Waals surface area contributed by atoms with Gasteiger partial charge >= 0.3 is 0 Å². The third-order valence-corrected chi connectivity index (χ3v) is 5.53. The lowest BCUT2D eigenvalue weighted by molar-refractivity contribution is -0.116. The van der Waals surface area contributed by atoms with Crippen LogP contribution in [-0.4, -0.2) is 22.7 Å². The number of nitrogens with zero attached hydrogens (tertiary/aromatic N) is 1. The van der Waals surface area contributed by atoms with Crippen LogP contribution in [0.5, 0.6) is 5.75 Å². The van der Waals surface area contributed by atoms with E-state index >= 15 is 0 Å². The molecular formula is C25H27N3O3. The van der Waals surface area contributed by atoms with E-state index in [2.05, 4.69) is 15.5 Å². The molecule has 2 aromatic carbocycles. The number of carbonyl (C=O) groups excluding carboxylic acids is 1. The quantitative estimate of drug-likeness (QED) is 0.542. The Hall–Kier alpha value is -3.41. The van der Waals surface area contributed by atoms with E-state index in [9.17, 15) is 9.59 Å². The number of anilines is 1. The monoisotopic (exact) mass is 417 g/mol. The summed E-state index contributed by atoms with van der Waals surface area (Å²) in [5.41, 5.74) is 4.68. The lowest BCUT2D eigenvalue weighted by Crippen LogP contribution is -2.23. The summed E-state index contributed by atoms with van der Waals surface area (Å²) in [6.07, 6.45) is 5.55. The molecule has 160 valence electrons. The summed E-state index contributed by atoms with van der Waals surface area (Å²) in [7, 11) is 0. The number of hydrogen-bond acceptors (Lipinski definition) is 4. The molecule has 4 rings (SSSR count). The second-order valence-electron chi connectivity index (χ2n) is 7.85. The average molecular weight is 418 g/mol. The number of carbonyl (C=O) groups is 1. The summed E-state index contributed by atoms with van der Waals surface area (Å²) in [4.78, 5) is 24.4. The number of rotatable bonds is 8. The van der Waals surface area contributed by atoms with E-state index in [1.54, 1.807) is 0 Å². The number of ether oxygens (including phenoxy) is 1. The number of H-pyrrole nitrogens is 1. The van der Waals surface area contributed by atoms with Crippen molar-refractivity contribution in [1.82, 2.24) is 10.2 Å². The molecule has 1 aromatic heterocycles. The van der Waals surface area contributed by atoms with Gasteiger partial charge in [0.05, 0.1) is 12.3 Å². The number of aromatic amines is 1. The summed E-state index contributed by atoms with van der Waals surface area (Å²) in [6.45, 7) is 0.500. The van der Waals surface area contributed by atoms with Crippen LogP contribution in [0, 0.1) is 0 Å². The first kappa shape index (κ1) is 20.8. The molecule has 0 saturated heterocycles. The maximum atomic E-state index is 12.3. The second-order valence-corrected chi connectivity index (χ2v) is 7.85. The Morgan fingerprint density at radius 3 is 2.68 bits per heavy atom. The summed E-state index contributed by atoms with van der Waals surface area (Å²) in [6, 6.07) is 17.4. The van der Waals surface area contributed by atoms with Gasteiger partial charge in [0.25, 0.3) is 5.56 Å². The van der Waals surface area contributed by atoms with Gasteiger partial charge in [-0.1, -0.05) is 30.3 Å². The fourth-order valence-electron chi connectivity index (χ4n) is 3.99. The molecule has 2 N–H and O–H groups in total. The van der Waals surface area contributed by atoms with Gasteiger partial charge in [0.1, 0.15) is 5.75 Å². The summed E-state index contributed by atoms with van der Waals surface area (Å²) in [5, 5.41) is 9.93. The van der Waals surface area contributed by atoms with Gasteiger partial charge in [-0.05, 0) is 67.5 Å². The van der Waals surface area contributed by atoms with E-state index in [0.717, 1.165) is 59.5 Å². The molecule has 1 amide bonds. The third-order valence-electron chi connectivity index (χ3n) is 5.53. The third kappa shape index (κ3) is 5.60. The van der Waals surface area contributed by atoms with Crippen LogP contribution >= 0.6 is 0 Å². The molecule has 0 saturated carbocycles. The van der Waals surface area contributed by atoms with Gasteiger partial charge in [0, 0.05) is 24.1 Å². The minimum atomic E-state index is -0.0595. The lowest BCUT2D eigenvalue weighted by atomic mass is 9.90. The Bertz CT molecular complexity index is 1090. The van der Waals surface area contributed by atoms with Crippen molar-refractivity contribution in [3.8, 4) is 5.75 Å². The van der Waals surface area contributed by atoms with Gasteiger partial charge in [-0.3, -0.25) is 9.59 Å². The number of aromatic nitrogens is 2. The van der Waals surface area contributed by atoms with Crippen molar-refractivity contribution < 1.29 is 9.53 Å². The molecule has 3 aromatic rings. The highest BCUT2D eigenvalue weighted by Crippen LogP contribution is 2.23. The van der Waals surface area contributed by atoms with Crippen molar-refractivity contribution in [2.75, 3.05) is 11.9 Å². The largest absolute Gasteiger partial charge is 0.494 e. The molecule has 0 spiro atoms. The number of amides is 1. The fraction of sp³-hybridized carbons (Fsp3) is 0.320. The first-order chi connectivity index (χ1) is 15.2. The molecule has 0 atom stereocenters. The van der Waals surface area contributed by atoms with Crippen molar-refractivity contribution in [1.29, 1.82) is 0 Å². The molecule has 6 nitrogen and oxygen atoms in total. The highest BCUT2D eigenvalue weighted by molar-refractivity contribution is 5.90. The van der Waals surface area contributed by atoms with Crippen molar-refractivity contribution >= 4 is 11.6 Å². The van der Waals surface area contributed by atoms with Crippen LogP contribution in [0.3, 0.4) is 0 Å². The standard InChI is InChI=1S/C25H27N3O3/c29-24(14-7-15-31-20-10-2-1-3-11-20)26-19-9-6-8-18(16-19)17-23-21-12-4-5-13-22(21)25(30)28-27-23/h1-3,6,8-11,16H,4-5,7,12-15,17H2,(H,26,29)(H,28,30). The van der Waals surface area contributed by atoms with Crippen molar-refractivity contribution in [2.45, 2.75) is 44.9 Å². The zero-order chi connectivity index (χ0) is 21.5. The summed E-state index contributed by atoms with van der Waals surface area (Å²) in [5.74, 6) is 0.780. The van der Waals surface area contributed by atoms with Gasteiger partial charge in [-0.2, -0.15) is 5.10 Å². The molecule has 1 heterocycles. The second kappa shape index (κ2) is 10.1. The van der Waals surface area contributed by atoms with Crippen LogP contribution in [0.1, 0.15) is 48.1 Å². The number of para-hydroxylation sites is 1. The molecule has 0 radical (unpaired) electrons. The number of nitrogens with one attached hydrogen (secondary N) is 2. The zero-order valence-corrected chi connectivity index (χ0v) is 17.5. The van der Waals surface area contributed by atoms with E-state index in [-0.39, 0.29) is 11.5 Å². The van der Waals surface area contributed by atoms with E-state index in [1.807, 2.05) is 54.6 Å². The molecule has 6 heteroatoms. The van der Waals surface area contributed by atoms with Gasteiger partial charge < -0.3 is 10.1 Å². The molecule has 0 fully saturated rings. The lowest BCUT2D eigenvalue weighted by Gasteiger charge is -2.17. The molecule has 1 aliphatic carbocycles. The van der Waals surface area contributed by atoms with E-state index in [0.29, 0.717) is 25.9 Å². The topological polar surface area (TPSA) is 84.1 Å². The van der Waals surface area contributed by atoms with Crippen molar-refractivity contribution in [3.63, 3.8) is 0 Å². The first-order valence-corrected chi connectivity index (χ1v) is 10.8. The van der Waals surface area contributed by atoms with Gasteiger partial charge in [-0.25, -0.2) is 5.10 Å². The Labute approximate surface area is 181 Å². The predicted octanol–water partition coefficient (Wildman–Crippen LogP) is 4.04. The molecular weight excluding hydrogens is 390 g/mol. The minimum absolute atomic E-state index is 0.0339. The predicted molar refractivity (Wildman–Crippen MR) is 121 cm³/mol. The van der Waals surface area contributed by atoms with Crippen LogP contribution in [0.2, 0.25) is 0 Å². The maximum absolute atomic E-state index is 12.3. The molecule has 0 bridgehead atoms. The number of fused-ring (bicyclic) bond motifs is 1. The van der Waals surface area contributed by atoms with E-state index < -0.39 is 0 Å². The van der Waals surface area contributed by atoms with Crippen molar-refractivity contribution in [3.05, 3.63) is 87.3 Å². The summed E-state index contributed by atoms with van der Waals surface area (Å²) < 4.78 is 5.63. The van der Waals surface area contributed by atoms with E-state index in [1.165, 1.54) is 0 Å². The Morgan fingerprint density at radius 2 is 1.84 bits per heavy atom. The fourth-order valence-corrected chi connectivity index (χ4v) is 3.99. The summed E-state index contributed by atoms with van der Waals surface area (Å²) >= 11 is 0. The van der Waals surface area contributed by atoms with Crippen LogP contribution in [0.15, 0.2) is 59.4 Å². The molecule has 0 aliphatic heterocycles. The number of hydrogen-bond donors (Lipinski definition) is 2. The van der Waals surface area contributed by atoms with Crippen LogP contribution in [-0.2, 0) is 24.1 Å². The highest BCUT2D eigenvalue weighted by atomic mass is 16.5. The van der Waals surface area contributed by atoms with Crippen molar-refractivity contribution in [2.24, 2.45) is 0 Å². The molecule has 31 heavy (non-hydrogen) atoms. The molecule has 1 aliphatic rings. The van der Waals surface area contributed by atoms with Gasteiger partial charge in [-0.15, -0.1) is 0 Å². The van der Waals surface area contributed by atoms with Gasteiger partial charge in [0.2, 0.25) is 5.91 Å². The number of benzene rings is 2. The van der Waals surface area contributed by atoms with Crippen LogP contribution in [0.25, 0.3) is 0 Å². The SMILES string of the molecule is O=C(CCCOc1ccccc1)Nc1cccc(Cc2n[nH]c(=O)c3c2CCCC3)c1. The first-order valence-electron chi connectivity index (χ1n) is 10.8. The Kier molecular flexibility index (Phi) is 6.77. The smallest absolute Gasteiger partial charge is 0.267 e. The highest BCUT2D eigenvalue weighted by Gasteiger charge is 2.18. The minimum Gasteiger partial charge on any atom is -0.494 e. The average Bonchev–Trinajstić information content (AvgIpc) is 2.80. The maximum Gasteiger partial charge on any atom is 0.267 e. The Balaban J connectivity index is 1.32.